The molecule has 1 aliphatic carbocycles. The van der Waals surface area contributed by atoms with E-state index in [2.05, 4.69) is 17.6 Å². The van der Waals surface area contributed by atoms with Crippen molar-refractivity contribution in [2.24, 2.45) is 0 Å². The molecule has 1 heterocycles. The Morgan fingerprint density at radius 3 is 2.89 bits per heavy atom. The van der Waals surface area contributed by atoms with Crippen LogP contribution in [-0.2, 0) is 4.79 Å². The summed E-state index contributed by atoms with van der Waals surface area (Å²) in [5.74, 6) is 0.298. The van der Waals surface area contributed by atoms with Gasteiger partial charge < -0.3 is 15.4 Å². The van der Waals surface area contributed by atoms with E-state index >= 15 is 0 Å². The van der Waals surface area contributed by atoms with E-state index in [0.717, 1.165) is 19.3 Å². The van der Waals surface area contributed by atoms with Crippen molar-refractivity contribution in [3.05, 3.63) is 23.8 Å². The molecule has 2 N–H and O–H groups in total. The van der Waals surface area contributed by atoms with E-state index < -0.39 is 0 Å². The maximum Gasteiger partial charge on any atom is 0.262 e. The van der Waals surface area contributed by atoms with Crippen LogP contribution < -0.4 is 15.4 Å². The first-order valence-electron chi connectivity index (χ1n) is 6.45. The molecule has 3 rings (SSSR count). The standard InChI is InChI=1S/C14H16N2O3/c1-14(5-2-6-14)16-13(18)9-3-4-11-10(7-9)15-12(17)8-19-11/h3-4,7H,2,5-6,8H2,1H3,(H,15,17)(H,16,18). The van der Waals surface area contributed by atoms with Gasteiger partial charge in [0.25, 0.3) is 11.8 Å². The minimum Gasteiger partial charge on any atom is -0.482 e. The van der Waals surface area contributed by atoms with Gasteiger partial charge in [-0.25, -0.2) is 0 Å². The molecule has 0 atom stereocenters. The summed E-state index contributed by atoms with van der Waals surface area (Å²) < 4.78 is 5.26. The van der Waals surface area contributed by atoms with E-state index in [1.807, 2.05) is 0 Å². The van der Waals surface area contributed by atoms with Gasteiger partial charge >= 0.3 is 0 Å². The molecule has 0 radical (unpaired) electrons. The molecule has 0 saturated heterocycles. The number of nitrogens with one attached hydrogen (secondary N) is 2. The van der Waals surface area contributed by atoms with Gasteiger partial charge in [0.1, 0.15) is 5.75 Å². The Hall–Kier alpha value is -2.04. The largest absolute Gasteiger partial charge is 0.482 e. The molecule has 2 amide bonds. The summed E-state index contributed by atoms with van der Waals surface area (Å²) in [6, 6.07) is 5.09. The van der Waals surface area contributed by atoms with Gasteiger partial charge in [-0.05, 0) is 44.4 Å². The van der Waals surface area contributed by atoms with Crippen LogP contribution in [0, 0.1) is 0 Å². The zero-order valence-electron chi connectivity index (χ0n) is 10.8. The second-order valence-electron chi connectivity index (χ2n) is 5.42. The smallest absolute Gasteiger partial charge is 0.262 e. The van der Waals surface area contributed by atoms with E-state index in [-0.39, 0.29) is 24.0 Å². The number of carbonyl (C=O) groups excluding carboxylic acids is 2. The monoisotopic (exact) mass is 260 g/mol. The quantitative estimate of drug-likeness (QED) is 0.850. The summed E-state index contributed by atoms with van der Waals surface area (Å²) in [6.45, 7) is 2.08. The molecule has 0 aromatic heterocycles. The lowest BCUT2D eigenvalue weighted by atomic mass is 9.78. The van der Waals surface area contributed by atoms with Gasteiger partial charge in [-0.2, -0.15) is 0 Å². The highest BCUT2D eigenvalue weighted by Crippen LogP contribution is 2.32. The van der Waals surface area contributed by atoms with Crippen molar-refractivity contribution in [3.63, 3.8) is 0 Å². The SMILES string of the molecule is CC1(NC(=O)c2ccc3c(c2)NC(=O)CO3)CCC1. The van der Waals surface area contributed by atoms with Crippen LogP contribution >= 0.6 is 0 Å². The predicted octanol–water partition coefficient (Wildman–Crippen LogP) is 1.69. The molecular formula is C14H16N2O3. The molecule has 2 aliphatic rings. The number of anilines is 1. The fraction of sp³-hybridized carbons (Fsp3) is 0.429. The Morgan fingerprint density at radius 1 is 1.42 bits per heavy atom. The van der Waals surface area contributed by atoms with Crippen molar-refractivity contribution in [1.29, 1.82) is 0 Å². The number of rotatable bonds is 2. The summed E-state index contributed by atoms with van der Waals surface area (Å²) in [5, 5.41) is 5.74. The van der Waals surface area contributed by atoms with Crippen LogP contribution in [0.3, 0.4) is 0 Å². The fourth-order valence-corrected chi connectivity index (χ4v) is 2.40. The van der Waals surface area contributed by atoms with Gasteiger partial charge in [0, 0.05) is 11.1 Å². The van der Waals surface area contributed by atoms with Crippen molar-refractivity contribution in [2.45, 2.75) is 31.7 Å². The topological polar surface area (TPSA) is 67.4 Å². The van der Waals surface area contributed by atoms with Gasteiger partial charge in [-0.1, -0.05) is 0 Å². The third-order valence-corrected chi connectivity index (χ3v) is 3.75. The highest BCUT2D eigenvalue weighted by Gasteiger charge is 2.33. The zero-order chi connectivity index (χ0) is 13.5. The van der Waals surface area contributed by atoms with E-state index in [0.29, 0.717) is 17.0 Å². The lowest BCUT2D eigenvalue weighted by Gasteiger charge is -2.39. The van der Waals surface area contributed by atoms with Crippen LogP contribution in [0.25, 0.3) is 0 Å². The third kappa shape index (κ3) is 2.28. The number of fused-ring (bicyclic) bond motifs is 1. The average Bonchev–Trinajstić information content (AvgIpc) is 2.36. The summed E-state index contributed by atoms with van der Waals surface area (Å²) >= 11 is 0. The highest BCUT2D eigenvalue weighted by atomic mass is 16.5. The summed E-state index contributed by atoms with van der Waals surface area (Å²) in [5.41, 5.74) is 1.02. The van der Waals surface area contributed by atoms with Crippen LogP contribution in [0.4, 0.5) is 5.69 Å². The number of benzene rings is 1. The Morgan fingerprint density at radius 2 is 2.21 bits per heavy atom. The second-order valence-corrected chi connectivity index (χ2v) is 5.42. The maximum atomic E-state index is 12.2. The first kappa shape index (κ1) is 12.0. The van der Waals surface area contributed by atoms with Crippen molar-refractivity contribution in [1.82, 2.24) is 5.32 Å². The first-order chi connectivity index (χ1) is 9.06. The van der Waals surface area contributed by atoms with Gasteiger partial charge in [-0.15, -0.1) is 0 Å². The fourth-order valence-electron chi connectivity index (χ4n) is 2.40. The lowest BCUT2D eigenvalue weighted by molar-refractivity contribution is -0.118. The van der Waals surface area contributed by atoms with Crippen molar-refractivity contribution in [2.75, 3.05) is 11.9 Å². The molecule has 1 aromatic carbocycles. The third-order valence-electron chi connectivity index (χ3n) is 3.75. The van der Waals surface area contributed by atoms with Crippen LogP contribution in [0.5, 0.6) is 5.75 Å². The summed E-state index contributed by atoms with van der Waals surface area (Å²) in [6.07, 6.45) is 3.19. The first-order valence-corrected chi connectivity index (χ1v) is 6.45. The van der Waals surface area contributed by atoms with Crippen LogP contribution in [-0.4, -0.2) is 24.0 Å². The molecular weight excluding hydrogens is 244 g/mol. The Kier molecular flexibility index (Phi) is 2.69. The molecule has 0 unspecified atom stereocenters. The van der Waals surface area contributed by atoms with Crippen LogP contribution in [0.15, 0.2) is 18.2 Å². The average molecular weight is 260 g/mol. The van der Waals surface area contributed by atoms with Gasteiger partial charge in [0.05, 0.1) is 5.69 Å². The number of hydrogen-bond acceptors (Lipinski definition) is 3. The zero-order valence-corrected chi connectivity index (χ0v) is 10.8. The minimum atomic E-state index is -0.198. The van der Waals surface area contributed by atoms with Gasteiger partial charge in [0.15, 0.2) is 6.61 Å². The second kappa shape index (κ2) is 4.26. The highest BCUT2D eigenvalue weighted by molar-refractivity contribution is 6.00. The maximum absolute atomic E-state index is 12.2. The molecule has 1 aliphatic heterocycles. The van der Waals surface area contributed by atoms with Crippen molar-refractivity contribution < 1.29 is 14.3 Å². The molecule has 5 nitrogen and oxygen atoms in total. The molecule has 1 fully saturated rings. The molecule has 1 saturated carbocycles. The predicted molar refractivity (Wildman–Crippen MR) is 70.3 cm³/mol. The number of hydrogen-bond donors (Lipinski definition) is 2. The van der Waals surface area contributed by atoms with E-state index in [1.54, 1.807) is 18.2 Å². The molecule has 5 heteroatoms. The normalized spacial score (nSPS) is 19.5. The van der Waals surface area contributed by atoms with Crippen molar-refractivity contribution in [3.8, 4) is 5.75 Å². The Bertz CT molecular complexity index is 550. The van der Waals surface area contributed by atoms with E-state index in [4.69, 9.17) is 4.74 Å². The van der Waals surface area contributed by atoms with E-state index in [1.165, 1.54) is 0 Å². The molecule has 0 bridgehead atoms. The molecule has 0 spiro atoms. The minimum absolute atomic E-state index is 0.0244. The van der Waals surface area contributed by atoms with Gasteiger partial charge in [-0.3, -0.25) is 9.59 Å². The summed E-state index contributed by atoms with van der Waals surface area (Å²) in [4.78, 5) is 23.4. The Labute approximate surface area is 111 Å². The number of amides is 2. The lowest BCUT2D eigenvalue weighted by Crippen LogP contribution is -2.50. The number of carbonyl (C=O) groups is 2. The Balaban J connectivity index is 1.79. The molecule has 19 heavy (non-hydrogen) atoms. The summed E-state index contributed by atoms with van der Waals surface area (Å²) in [7, 11) is 0. The van der Waals surface area contributed by atoms with Gasteiger partial charge in [0.2, 0.25) is 0 Å². The van der Waals surface area contributed by atoms with Crippen molar-refractivity contribution >= 4 is 17.5 Å². The van der Waals surface area contributed by atoms with E-state index in [9.17, 15) is 9.59 Å². The van der Waals surface area contributed by atoms with Crippen LogP contribution in [0.2, 0.25) is 0 Å². The number of ether oxygens (including phenoxy) is 1. The van der Waals surface area contributed by atoms with Crippen LogP contribution in [0.1, 0.15) is 36.5 Å². The molecule has 1 aromatic rings. The molecule has 100 valence electrons.